The number of carbonyl (C=O) groups is 3. The van der Waals surface area contributed by atoms with Crippen LogP contribution in [0.3, 0.4) is 0 Å². The maximum atomic E-state index is 12.7. The number of rotatable bonds is 3. The van der Waals surface area contributed by atoms with Gasteiger partial charge in [0, 0.05) is 11.8 Å². The Morgan fingerprint density at radius 3 is 2.33 bits per heavy atom. The summed E-state index contributed by atoms with van der Waals surface area (Å²) in [5, 5.41) is 0. The molecule has 0 radical (unpaired) electrons. The number of hydrogen-bond donors (Lipinski definition) is 0. The third-order valence-electron chi connectivity index (χ3n) is 4.87. The highest BCUT2D eigenvalue weighted by Gasteiger charge is 2.51. The number of anilines is 1. The van der Waals surface area contributed by atoms with Gasteiger partial charge in [0.1, 0.15) is 6.29 Å². The van der Waals surface area contributed by atoms with Gasteiger partial charge in [0.05, 0.1) is 11.6 Å². The Kier molecular flexibility index (Phi) is 3.62. The highest BCUT2D eigenvalue weighted by Crippen LogP contribution is 2.46. The van der Waals surface area contributed by atoms with Crippen LogP contribution in [-0.4, -0.2) is 18.1 Å². The number of para-hydroxylation sites is 1. The molecule has 1 aliphatic heterocycles. The fourth-order valence-electron chi connectivity index (χ4n) is 3.69. The number of amides is 2. The van der Waals surface area contributed by atoms with Gasteiger partial charge in [0.2, 0.25) is 11.8 Å². The van der Waals surface area contributed by atoms with Gasteiger partial charge < -0.3 is 4.79 Å². The molecule has 3 rings (SSSR count). The highest BCUT2D eigenvalue weighted by atomic mass is 16.2. The molecule has 1 aromatic rings. The molecule has 4 heteroatoms. The van der Waals surface area contributed by atoms with E-state index in [-0.39, 0.29) is 18.2 Å². The SMILES string of the molecule is O=CC1([C@H]2CC(=O)N(c3ccccc3)C2=O)CCCCC1. The Labute approximate surface area is 124 Å². The Morgan fingerprint density at radius 2 is 1.71 bits per heavy atom. The van der Waals surface area contributed by atoms with E-state index in [4.69, 9.17) is 0 Å². The van der Waals surface area contributed by atoms with E-state index in [1.807, 2.05) is 6.07 Å². The molecule has 21 heavy (non-hydrogen) atoms. The maximum Gasteiger partial charge on any atom is 0.238 e. The first-order chi connectivity index (χ1) is 10.2. The molecular formula is C17H19NO3. The first-order valence-electron chi connectivity index (χ1n) is 7.56. The van der Waals surface area contributed by atoms with Crippen LogP contribution in [0.4, 0.5) is 5.69 Å². The van der Waals surface area contributed by atoms with Crippen molar-refractivity contribution in [3.8, 4) is 0 Å². The predicted molar refractivity (Wildman–Crippen MR) is 78.6 cm³/mol. The van der Waals surface area contributed by atoms with Gasteiger partial charge in [-0.05, 0) is 25.0 Å². The minimum absolute atomic E-state index is 0.159. The predicted octanol–water partition coefficient (Wildman–Crippen LogP) is 2.72. The lowest BCUT2D eigenvalue weighted by atomic mass is 9.66. The molecule has 1 aromatic carbocycles. The first kappa shape index (κ1) is 14.0. The van der Waals surface area contributed by atoms with Gasteiger partial charge in [0.25, 0.3) is 0 Å². The Hall–Kier alpha value is -1.97. The van der Waals surface area contributed by atoms with Crippen molar-refractivity contribution in [3.05, 3.63) is 30.3 Å². The van der Waals surface area contributed by atoms with Crippen LogP contribution < -0.4 is 4.90 Å². The minimum atomic E-state index is -0.630. The lowest BCUT2D eigenvalue weighted by Crippen LogP contribution is -2.40. The molecule has 0 aromatic heterocycles. The van der Waals surface area contributed by atoms with Crippen molar-refractivity contribution in [1.29, 1.82) is 0 Å². The lowest BCUT2D eigenvalue weighted by Gasteiger charge is -2.35. The van der Waals surface area contributed by atoms with Crippen molar-refractivity contribution in [2.45, 2.75) is 38.5 Å². The van der Waals surface area contributed by atoms with E-state index in [1.165, 1.54) is 4.90 Å². The van der Waals surface area contributed by atoms with Crippen LogP contribution in [0.1, 0.15) is 38.5 Å². The van der Waals surface area contributed by atoms with E-state index in [1.54, 1.807) is 24.3 Å². The molecular weight excluding hydrogens is 266 g/mol. The summed E-state index contributed by atoms with van der Waals surface area (Å²) < 4.78 is 0. The molecule has 1 aliphatic carbocycles. The minimum Gasteiger partial charge on any atom is -0.303 e. The normalized spacial score (nSPS) is 25.1. The largest absolute Gasteiger partial charge is 0.303 e. The van der Waals surface area contributed by atoms with E-state index < -0.39 is 11.3 Å². The number of hydrogen-bond acceptors (Lipinski definition) is 3. The topological polar surface area (TPSA) is 54.5 Å². The van der Waals surface area contributed by atoms with Crippen LogP contribution >= 0.6 is 0 Å². The third kappa shape index (κ3) is 2.28. The molecule has 0 N–H and O–H groups in total. The molecule has 1 atom stereocenters. The summed E-state index contributed by atoms with van der Waals surface area (Å²) in [6.45, 7) is 0. The lowest BCUT2D eigenvalue weighted by molar-refractivity contribution is -0.132. The van der Waals surface area contributed by atoms with Crippen molar-refractivity contribution < 1.29 is 14.4 Å². The standard InChI is InChI=1S/C17H19NO3/c19-12-17(9-5-2-6-10-17)14-11-15(20)18(16(14)21)13-7-3-1-4-8-13/h1,3-4,7-8,12,14H,2,5-6,9-11H2/t14-/m0/s1. The number of aldehydes is 1. The smallest absolute Gasteiger partial charge is 0.238 e. The van der Waals surface area contributed by atoms with Gasteiger partial charge in [0.15, 0.2) is 0 Å². The van der Waals surface area contributed by atoms with Crippen molar-refractivity contribution >= 4 is 23.8 Å². The average molecular weight is 285 g/mol. The summed E-state index contributed by atoms with van der Waals surface area (Å²) >= 11 is 0. The average Bonchev–Trinajstić information content (AvgIpc) is 2.84. The second kappa shape index (κ2) is 5.43. The molecule has 0 unspecified atom stereocenters. The first-order valence-corrected chi connectivity index (χ1v) is 7.56. The van der Waals surface area contributed by atoms with Gasteiger partial charge in [-0.3, -0.25) is 14.5 Å². The molecule has 110 valence electrons. The molecule has 0 spiro atoms. The maximum absolute atomic E-state index is 12.7. The summed E-state index contributed by atoms with van der Waals surface area (Å²) in [5.74, 6) is -0.883. The number of carbonyl (C=O) groups excluding carboxylic acids is 3. The molecule has 2 amide bonds. The van der Waals surface area contributed by atoms with E-state index in [0.29, 0.717) is 5.69 Å². The van der Waals surface area contributed by atoms with Gasteiger partial charge in [-0.15, -0.1) is 0 Å². The van der Waals surface area contributed by atoms with E-state index in [0.717, 1.165) is 38.4 Å². The number of benzene rings is 1. The Balaban J connectivity index is 1.91. The fourth-order valence-corrected chi connectivity index (χ4v) is 3.69. The van der Waals surface area contributed by atoms with Crippen LogP contribution in [0.15, 0.2) is 30.3 Å². The number of nitrogens with zero attached hydrogens (tertiary/aromatic N) is 1. The molecule has 0 bridgehead atoms. The quantitative estimate of drug-likeness (QED) is 0.634. The van der Waals surface area contributed by atoms with Gasteiger partial charge in [-0.25, -0.2) is 0 Å². The third-order valence-corrected chi connectivity index (χ3v) is 4.87. The zero-order chi connectivity index (χ0) is 14.9. The zero-order valence-electron chi connectivity index (χ0n) is 12.0. The Morgan fingerprint density at radius 1 is 1.05 bits per heavy atom. The zero-order valence-corrected chi connectivity index (χ0v) is 12.0. The summed E-state index contributed by atoms with van der Waals surface area (Å²) in [6, 6.07) is 8.97. The van der Waals surface area contributed by atoms with Crippen LogP contribution in [0.25, 0.3) is 0 Å². The van der Waals surface area contributed by atoms with Crippen LogP contribution in [0.2, 0.25) is 0 Å². The van der Waals surface area contributed by atoms with Gasteiger partial charge >= 0.3 is 0 Å². The van der Waals surface area contributed by atoms with Gasteiger partial charge in [-0.1, -0.05) is 37.5 Å². The molecule has 1 saturated heterocycles. The van der Waals surface area contributed by atoms with Crippen LogP contribution in [-0.2, 0) is 14.4 Å². The molecule has 1 heterocycles. The summed E-state index contributed by atoms with van der Waals surface area (Å²) in [5.41, 5.74) is -0.0269. The van der Waals surface area contributed by atoms with Crippen molar-refractivity contribution in [2.75, 3.05) is 4.90 Å². The van der Waals surface area contributed by atoms with E-state index in [9.17, 15) is 14.4 Å². The Bertz CT molecular complexity index is 561. The second-order valence-corrected chi connectivity index (χ2v) is 6.07. The second-order valence-electron chi connectivity index (χ2n) is 6.07. The summed E-state index contributed by atoms with van der Waals surface area (Å²) in [7, 11) is 0. The summed E-state index contributed by atoms with van der Waals surface area (Å²) in [6.07, 6.45) is 5.57. The van der Waals surface area contributed by atoms with Crippen molar-refractivity contribution in [1.82, 2.24) is 0 Å². The number of imide groups is 1. The molecule has 1 saturated carbocycles. The van der Waals surface area contributed by atoms with Crippen LogP contribution in [0.5, 0.6) is 0 Å². The molecule has 2 fully saturated rings. The highest BCUT2D eigenvalue weighted by molar-refractivity contribution is 6.21. The fraction of sp³-hybridized carbons (Fsp3) is 0.471. The molecule has 2 aliphatic rings. The van der Waals surface area contributed by atoms with Crippen LogP contribution in [0, 0.1) is 11.3 Å². The van der Waals surface area contributed by atoms with E-state index >= 15 is 0 Å². The summed E-state index contributed by atoms with van der Waals surface area (Å²) in [4.78, 5) is 37.9. The van der Waals surface area contributed by atoms with E-state index in [2.05, 4.69) is 0 Å². The van der Waals surface area contributed by atoms with Crippen molar-refractivity contribution in [3.63, 3.8) is 0 Å². The molecule has 4 nitrogen and oxygen atoms in total. The van der Waals surface area contributed by atoms with Crippen molar-refractivity contribution in [2.24, 2.45) is 11.3 Å². The monoisotopic (exact) mass is 285 g/mol. The van der Waals surface area contributed by atoms with Gasteiger partial charge in [-0.2, -0.15) is 0 Å².